The van der Waals surface area contributed by atoms with E-state index in [1.165, 1.54) is 12.1 Å². The molecule has 22 heteroatoms. The zero-order valence-electron chi connectivity index (χ0n) is 67.0. The van der Waals surface area contributed by atoms with Crippen molar-refractivity contribution in [2.45, 2.75) is 75.9 Å². The molecule has 0 radical (unpaired) electrons. The fourth-order valence-electron chi connectivity index (χ4n) is 13.5. The van der Waals surface area contributed by atoms with E-state index in [4.69, 9.17) is 46.4 Å². The molecule has 15 nitrogen and oxygen atoms in total. The topological polar surface area (TPSA) is 285 Å². The molecule has 0 atom stereocenters. The van der Waals surface area contributed by atoms with E-state index in [1.807, 2.05) is 137 Å². The van der Waals surface area contributed by atoms with Gasteiger partial charge in [-0.05, 0) is 223 Å². The third-order valence-corrected chi connectivity index (χ3v) is 20.8. The Balaban J connectivity index is 0.000000161. The number of hydrogen-bond donors (Lipinski definition) is 5. The number of pyridine rings is 5. The van der Waals surface area contributed by atoms with Gasteiger partial charge in [-0.2, -0.15) is 39.5 Å². The van der Waals surface area contributed by atoms with Gasteiger partial charge in [0, 0.05) is 81.8 Å². The normalized spacial score (nSPS) is 10.5. The largest absolute Gasteiger partial charge is 0.508 e. The van der Waals surface area contributed by atoms with Gasteiger partial charge in [0.1, 0.15) is 59.1 Å². The second-order valence-electron chi connectivity index (χ2n) is 28.4. The van der Waals surface area contributed by atoms with Crippen LogP contribution in [0, 0.1) is 119 Å². The van der Waals surface area contributed by atoms with Crippen molar-refractivity contribution in [1.29, 1.82) is 26.3 Å². The summed E-state index contributed by atoms with van der Waals surface area (Å²) in [6.07, 6.45) is -4.48. The maximum Gasteiger partial charge on any atom is 0.416 e. The number of benzene rings is 10. The van der Waals surface area contributed by atoms with Crippen molar-refractivity contribution < 1.29 is 38.7 Å². The molecule has 0 spiro atoms. The van der Waals surface area contributed by atoms with Crippen LogP contribution in [0.25, 0.3) is 112 Å². The van der Waals surface area contributed by atoms with Crippen LogP contribution in [0.2, 0.25) is 20.1 Å². The molecular formula is C101H77Cl4F3N10O5. The number of nitrogens with zero attached hydrogens (tertiary/aromatic N) is 10. The van der Waals surface area contributed by atoms with Crippen molar-refractivity contribution in [1.82, 2.24) is 24.9 Å². The van der Waals surface area contributed by atoms with Gasteiger partial charge in [-0.25, -0.2) is 0 Å². The summed E-state index contributed by atoms with van der Waals surface area (Å²) in [5, 5.41) is 98.3. The smallest absolute Gasteiger partial charge is 0.416 e. The summed E-state index contributed by atoms with van der Waals surface area (Å²) in [6.45, 7) is 16.3. The Labute approximate surface area is 731 Å². The SMILES string of the molecule is C.Cc1cc(-c2cc(-c3cccc(O)c3)nc(C)c2C#N)cc(C(F)(F)F)c1.Cc1ccc(-c2cc(-c3cccc(O)c3)nc(C)c2C#N)c(Cl)c1.Cc1ccc(Cl)c(-c2cc(-c3cccc(O)c3)nc(C)c2C#N)c1Cl.Cc1cccc(-c2cc(-c3cccc(O)c3)nc(C)c2C#N)c1.Cc1nc(-c2cccc(O)c2)cc(-c2cccc(Cl)c2)c1C#N. The van der Waals surface area contributed by atoms with Crippen LogP contribution in [0.15, 0.2) is 249 Å². The van der Waals surface area contributed by atoms with Crippen LogP contribution in [0.5, 0.6) is 28.7 Å². The number of rotatable bonds is 10. The fraction of sp³-hybridized carbons (Fsp3) is 0.109. The number of aromatic hydroxyl groups is 5. The summed E-state index contributed by atoms with van der Waals surface area (Å²) >= 11 is 25.3. The van der Waals surface area contributed by atoms with E-state index >= 15 is 0 Å². The second kappa shape index (κ2) is 39.9. The van der Waals surface area contributed by atoms with Crippen molar-refractivity contribution in [3.8, 4) is 171 Å². The van der Waals surface area contributed by atoms with Crippen molar-refractivity contribution in [2.24, 2.45) is 0 Å². The first-order valence-electron chi connectivity index (χ1n) is 37.6. The highest BCUT2D eigenvalue weighted by atomic mass is 35.5. The van der Waals surface area contributed by atoms with Crippen LogP contribution in [0.4, 0.5) is 13.2 Å². The van der Waals surface area contributed by atoms with Crippen LogP contribution >= 0.6 is 46.4 Å². The molecule has 0 aliphatic heterocycles. The fourth-order valence-corrected chi connectivity index (χ4v) is 14.6. The van der Waals surface area contributed by atoms with Crippen LogP contribution in [0.1, 0.15) is 91.5 Å². The molecule has 0 fully saturated rings. The second-order valence-corrected chi connectivity index (χ2v) is 30.0. The van der Waals surface area contributed by atoms with Crippen molar-refractivity contribution >= 4 is 46.4 Å². The highest BCUT2D eigenvalue weighted by molar-refractivity contribution is 6.40. The third kappa shape index (κ3) is 21.9. The molecule has 0 aliphatic rings. The van der Waals surface area contributed by atoms with Crippen LogP contribution in [-0.2, 0) is 6.18 Å². The lowest BCUT2D eigenvalue weighted by Crippen LogP contribution is -2.06. The molecule has 0 saturated heterocycles. The van der Waals surface area contributed by atoms with E-state index < -0.39 is 11.7 Å². The summed E-state index contributed by atoms with van der Waals surface area (Å²) in [5.74, 6) is 0.743. The van der Waals surface area contributed by atoms with Gasteiger partial charge in [0.05, 0.1) is 95.3 Å². The van der Waals surface area contributed by atoms with Gasteiger partial charge in [-0.15, -0.1) is 0 Å². The summed E-state index contributed by atoms with van der Waals surface area (Å²) in [5.41, 5.74) is 21.9. The van der Waals surface area contributed by atoms with Gasteiger partial charge in [0.2, 0.25) is 0 Å². The van der Waals surface area contributed by atoms with E-state index in [9.17, 15) is 65.0 Å². The molecule has 123 heavy (non-hydrogen) atoms. The lowest BCUT2D eigenvalue weighted by Gasteiger charge is -2.14. The molecule has 15 aromatic rings. The molecular weight excluding hydrogens is 1630 g/mol. The highest BCUT2D eigenvalue weighted by Crippen LogP contribution is 2.43. The summed E-state index contributed by atoms with van der Waals surface area (Å²) < 4.78 is 39.6. The predicted molar refractivity (Wildman–Crippen MR) is 482 cm³/mol. The molecule has 610 valence electrons. The van der Waals surface area contributed by atoms with E-state index in [0.717, 1.165) is 90.2 Å². The van der Waals surface area contributed by atoms with Crippen molar-refractivity contribution in [2.75, 3.05) is 0 Å². The maximum atomic E-state index is 13.2. The predicted octanol–water partition coefficient (Wildman–Crippen LogP) is 27.0. The van der Waals surface area contributed by atoms with Gasteiger partial charge in [-0.3, -0.25) is 24.9 Å². The van der Waals surface area contributed by atoms with Gasteiger partial charge in [-0.1, -0.05) is 181 Å². The Morgan fingerprint density at radius 2 is 0.602 bits per heavy atom. The average Bonchev–Trinajstić information content (AvgIpc) is 0.791. The molecule has 10 aromatic carbocycles. The first-order valence-corrected chi connectivity index (χ1v) is 39.1. The minimum absolute atomic E-state index is 0. The number of nitriles is 5. The van der Waals surface area contributed by atoms with Gasteiger partial charge >= 0.3 is 6.18 Å². The monoisotopic (exact) mass is 1710 g/mol. The van der Waals surface area contributed by atoms with Gasteiger partial charge in [0.25, 0.3) is 0 Å². The van der Waals surface area contributed by atoms with Crippen molar-refractivity contribution in [3.05, 3.63) is 353 Å². The number of halogens is 7. The minimum atomic E-state index is -4.48. The maximum absolute atomic E-state index is 13.2. The highest BCUT2D eigenvalue weighted by Gasteiger charge is 2.32. The van der Waals surface area contributed by atoms with E-state index in [1.54, 1.807) is 150 Å². The summed E-state index contributed by atoms with van der Waals surface area (Å²) in [4.78, 5) is 22.4. The van der Waals surface area contributed by atoms with Gasteiger partial charge < -0.3 is 25.5 Å². The Hall–Kier alpha value is -14.7. The molecule has 5 N–H and O–H groups in total. The summed E-state index contributed by atoms with van der Waals surface area (Å²) in [6, 6.07) is 82.4. The first-order chi connectivity index (χ1) is 58.3. The Kier molecular flexibility index (Phi) is 29.4. The number of aryl methyl sites for hydroxylation is 9. The van der Waals surface area contributed by atoms with Crippen LogP contribution in [0.3, 0.4) is 0 Å². The molecule has 0 aliphatic carbocycles. The van der Waals surface area contributed by atoms with E-state index in [0.29, 0.717) is 127 Å². The third-order valence-electron chi connectivity index (χ3n) is 19.4. The molecule has 15 rings (SSSR count). The number of phenolic OH excluding ortho intramolecular Hbond substituents is 5. The Morgan fingerprint density at radius 1 is 0.285 bits per heavy atom. The summed E-state index contributed by atoms with van der Waals surface area (Å²) in [7, 11) is 0. The molecule has 5 aromatic heterocycles. The average molecular weight is 1710 g/mol. The van der Waals surface area contributed by atoms with E-state index in [-0.39, 0.29) is 41.7 Å². The lowest BCUT2D eigenvalue weighted by atomic mass is 9.94. The molecule has 0 unspecified atom stereocenters. The number of aromatic nitrogens is 5. The van der Waals surface area contributed by atoms with Crippen LogP contribution < -0.4 is 0 Å². The standard InChI is InChI=1S/C21H15F3N2O.C20H14Cl2N2O.C20H15ClN2O.C20H16N2O.C19H13ClN2O.CH4/c1-12-6-15(8-16(7-12)21(22,23)24)18-10-20(26-13(2)19(18)11-25)14-4-3-5-17(27)9-14;1-11-6-7-17(21)19(20(11)22)15-9-18(24-12(2)16(15)10-23)13-4-3-5-14(25)8-13;1-12-6-7-16(19(21)8-12)17-10-20(23-13(2)18(17)11-22)14-4-3-5-15(24)9-14;1-13-5-3-6-15(9-13)18-11-20(22-14(2)19(18)12-21)16-7-4-8-17(23)10-16;1-12-18(11-21)17(13-4-2-6-15(20)8-13)10-19(22-12)14-5-3-7-16(23)9-14;/h3-10,27H,1-2H3;3-9,25H,1-2H3;3-10,24H,1-2H3;3-11,23H,1-2H3;2-10,23H,1H3;1H4. The number of alkyl halides is 3. The Bertz CT molecular complexity index is 6650. The minimum Gasteiger partial charge on any atom is -0.508 e. The molecule has 0 saturated carbocycles. The van der Waals surface area contributed by atoms with Crippen LogP contribution in [-0.4, -0.2) is 50.5 Å². The molecule has 0 amide bonds. The first kappa shape index (κ1) is 90.7. The number of phenols is 5. The van der Waals surface area contributed by atoms with E-state index in [2.05, 4.69) is 55.3 Å². The molecule has 5 heterocycles. The van der Waals surface area contributed by atoms with Crippen molar-refractivity contribution in [3.63, 3.8) is 0 Å². The zero-order valence-corrected chi connectivity index (χ0v) is 70.0. The molecule has 0 bridgehead atoms. The lowest BCUT2D eigenvalue weighted by molar-refractivity contribution is -0.137. The number of hydrogen-bond acceptors (Lipinski definition) is 15. The van der Waals surface area contributed by atoms with Gasteiger partial charge in [0.15, 0.2) is 0 Å². The zero-order chi connectivity index (χ0) is 88.0. The quantitative estimate of drug-likeness (QED) is 0.0851. The Morgan fingerprint density at radius 3 is 0.959 bits per heavy atom.